The first kappa shape index (κ1) is 17.0. The van der Waals surface area contributed by atoms with Gasteiger partial charge in [0.1, 0.15) is 0 Å². The van der Waals surface area contributed by atoms with Crippen molar-refractivity contribution in [1.82, 2.24) is 5.32 Å². The Bertz CT molecular complexity index is 557. The van der Waals surface area contributed by atoms with Gasteiger partial charge in [0.05, 0.1) is 0 Å². The molecule has 0 atom stereocenters. The van der Waals surface area contributed by atoms with Crippen LogP contribution in [0.4, 0.5) is 0 Å². The van der Waals surface area contributed by atoms with Gasteiger partial charge in [-0.3, -0.25) is 4.79 Å². The van der Waals surface area contributed by atoms with Crippen molar-refractivity contribution in [2.24, 2.45) is 0 Å². The minimum Gasteiger partial charge on any atom is -0.478 e. The summed E-state index contributed by atoms with van der Waals surface area (Å²) >= 11 is 0. The summed E-state index contributed by atoms with van der Waals surface area (Å²) in [5.41, 5.74) is 1.92. The van der Waals surface area contributed by atoms with E-state index in [1.54, 1.807) is 12.1 Å². The molecule has 4 nitrogen and oxygen atoms in total. The molecule has 2 N–H and O–H groups in total. The van der Waals surface area contributed by atoms with Crippen LogP contribution < -0.4 is 5.32 Å². The molecule has 0 aromatic heterocycles. The lowest BCUT2D eigenvalue weighted by Gasteiger charge is -2.28. The monoisotopic (exact) mass is 289 g/mol. The summed E-state index contributed by atoms with van der Waals surface area (Å²) in [4.78, 5) is 23.0. The number of rotatable bonds is 6. The molecule has 1 rings (SSSR count). The second-order valence-corrected chi connectivity index (χ2v) is 5.47. The zero-order valence-corrected chi connectivity index (χ0v) is 13.1. The topological polar surface area (TPSA) is 66.4 Å². The van der Waals surface area contributed by atoms with Crippen LogP contribution >= 0.6 is 0 Å². The second kappa shape index (κ2) is 7.07. The van der Waals surface area contributed by atoms with E-state index < -0.39 is 5.97 Å². The Kier molecular flexibility index (Phi) is 5.70. The Hall–Kier alpha value is -2.10. The van der Waals surface area contributed by atoms with E-state index in [0.29, 0.717) is 11.1 Å². The number of hydrogen-bond donors (Lipinski definition) is 2. The lowest BCUT2D eigenvalue weighted by atomic mass is 9.94. The highest BCUT2D eigenvalue weighted by atomic mass is 16.4. The first-order valence-corrected chi connectivity index (χ1v) is 7.15. The van der Waals surface area contributed by atoms with E-state index in [4.69, 9.17) is 5.11 Å². The molecule has 0 unspecified atom stereocenters. The number of carbonyl (C=O) groups excluding carboxylic acids is 1. The lowest BCUT2D eigenvalue weighted by molar-refractivity contribution is -0.131. The predicted molar refractivity (Wildman–Crippen MR) is 84.3 cm³/mol. The minimum atomic E-state index is -1.01. The molecule has 4 heteroatoms. The van der Waals surface area contributed by atoms with Crippen LogP contribution in [0.25, 0.3) is 6.08 Å². The van der Waals surface area contributed by atoms with E-state index in [-0.39, 0.29) is 11.4 Å². The standard InChI is InChI=1S/C17H23NO3/c1-5-17(4,6-2)18-16(21)14-11-13(8-7-12(14)3)9-10-15(19)20/h7-11H,5-6H2,1-4H3,(H,18,21)(H,19,20)/b10-9+. The third kappa shape index (κ3) is 4.74. The van der Waals surface area contributed by atoms with Crippen LogP contribution in [0.2, 0.25) is 0 Å². The number of amides is 1. The highest BCUT2D eigenvalue weighted by Gasteiger charge is 2.23. The van der Waals surface area contributed by atoms with Crippen molar-refractivity contribution in [2.75, 3.05) is 0 Å². The quantitative estimate of drug-likeness (QED) is 0.789. The van der Waals surface area contributed by atoms with Crippen LogP contribution in [-0.4, -0.2) is 22.5 Å². The molecule has 21 heavy (non-hydrogen) atoms. The summed E-state index contributed by atoms with van der Waals surface area (Å²) in [7, 11) is 0. The highest BCUT2D eigenvalue weighted by Crippen LogP contribution is 2.17. The second-order valence-electron chi connectivity index (χ2n) is 5.47. The van der Waals surface area contributed by atoms with Crippen molar-refractivity contribution in [3.8, 4) is 0 Å². The van der Waals surface area contributed by atoms with Gasteiger partial charge < -0.3 is 10.4 Å². The van der Waals surface area contributed by atoms with E-state index in [0.717, 1.165) is 24.5 Å². The summed E-state index contributed by atoms with van der Waals surface area (Å²) in [5.74, 6) is -1.13. The average molecular weight is 289 g/mol. The zero-order valence-electron chi connectivity index (χ0n) is 13.1. The first-order valence-electron chi connectivity index (χ1n) is 7.15. The molecule has 0 bridgehead atoms. The lowest BCUT2D eigenvalue weighted by Crippen LogP contribution is -2.45. The van der Waals surface area contributed by atoms with Crippen LogP contribution in [0.3, 0.4) is 0 Å². The van der Waals surface area contributed by atoms with E-state index in [1.165, 1.54) is 6.08 Å². The molecular weight excluding hydrogens is 266 g/mol. The average Bonchev–Trinajstić information content (AvgIpc) is 2.46. The van der Waals surface area contributed by atoms with Crippen LogP contribution in [0.15, 0.2) is 24.3 Å². The van der Waals surface area contributed by atoms with E-state index in [1.807, 2.05) is 33.8 Å². The number of carbonyl (C=O) groups is 2. The van der Waals surface area contributed by atoms with Crippen molar-refractivity contribution < 1.29 is 14.7 Å². The van der Waals surface area contributed by atoms with Gasteiger partial charge in [0.25, 0.3) is 5.91 Å². The molecular formula is C17H23NO3. The van der Waals surface area contributed by atoms with Gasteiger partial charge >= 0.3 is 5.97 Å². The Labute approximate surface area is 125 Å². The maximum atomic E-state index is 12.4. The number of nitrogens with one attached hydrogen (secondary N) is 1. The van der Waals surface area contributed by atoms with E-state index >= 15 is 0 Å². The van der Waals surface area contributed by atoms with Gasteiger partial charge in [-0.2, -0.15) is 0 Å². The summed E-state index contributed by atoms with van der Waals surface area (Å²) in [5, 5.41) is 11.7. The van der Waals surface area contributed by atoms with Gasteiger partial charge in [-0.1, -0.05) is 26.0 Å². The molecule has 0 spiro atoms. The van der Waals surface area contributed by atoms with Crippen LogP contribution in [0, 0.1) is 6.92 Å². The Balaban J connectivity index is 3.03. The molecule has 1 aromatic carbocycles. The smallest absolute Gasteiger partial charge is 0.328 e. The fraction of sp³-hybridized carbons (Fsp3) is 0.412. The van der Waals surface area contributed by atoms with Crippen molar-refractivity contribution in [1.29, 1.82) is 0 Å². The van der Waals surface area contributed by atoms with E-state index in [9.17, 15) is 9.59 Å². The van der Waals surface area contributed by atoms with Gasteiger partial charge in [-0.25, -0.2) is 4.79 Å². The summed E-state index contributed by atoms with van der Waals surface area (Å²) in [6.45, 7) is 7.98. The highest BCUT2D eigenvalue weighted by molar-refractivity contribution is 5.97. The molecule has 0 radical (unpaired) electrons. The molecule has 0 aliphatic rings. The normalized spacial score (nSPS) is 11.6. The van der Waals surface area contributed by atoms with Crippen molar-refractivity contribution >= 4 is 18.0 Å². The largest absolute Gasteiger partial charge is 0.478 e. The Morgan fingerprint density at radius 2 is 1.90 bits per heavy atom. The fourth-order valence-corrected chi connectivity index (χ4v) is 1.92. The zero-order chi connectivity index (χ0) is 16.0. The fourth-order valence-electron chi connectivity index (χ4n) is 1.92. The molecule has 0 saturated heterocycles. The van der Waals surface area contributed by atoms with Gasteiger partial charge in [0.2, 0.25) is 0 Å². The van der Waals surface area contributed by atoms with Gasteiger partial charge in [0, 0.05) is 17.2 Å². The maximum Gasteiger partial charge on any atom is 0.328 e. The number of carboxylic acids is 1. The molecule has 0 saturated carbocycles. The van der Waals surface area contributed by atoms with Crippen molar-refractivity contribution in [3.63, 3.8) is 0 Å². The molecule has 0 heterocycles. The molecule has 1 amide bonds. The molecule has 1 aromatic rings. The van der Waals surface area contributed by atoms with E-state index in [2.05, 4.69) is 5.32 Å². The maximum absolute atomic E-state index is 12.4. The Morgan fingerprint density at radius 1 is 1.29 bits per heavy atom. The Morgan fingerprint density at radius 3 is 2.43 bits per heavy atom. The number of aliphatic carboxylic acids is 1. The third-order valence-electron chi connectivity index (χ3n) is 3.90. The molecule has 114 valence electrons. The van der Waals surface area contributed by atoms with Crippen LogP contribution in [0.1, 0.15) is 55.1 Å². The first-order chi connectivity index (χ1) is 9.81. The number of hydrogen-bond acceptors (Lipinski definition) is 2. The van der Waals surface area contributed by atoms with Crippen molar-refractivity contribution in [3.05, 3.63) is 41.0 Å². The van der Waals surface area contributed by atoms with Crippen LogP contribution in [0.5, 0.6) is 0 Å². The number of aryl methyl sites for hydroxylation is 1. The van der Waals surface area contributed by atoms with Gasteiger partial charge in [0.15, 0.2) is 0 Å². The minimum absolute atomic E-state index is 0.121. The van der Waals surface area contributed by atoms with Gasteiger partial charge in [-0.15, -0.1) is 0 Å². The third-order valence-corrected chi connectivity index (χ3v) is 3.90. The summed E-state index contributed by atoms with van der Waals surface area (Å²) < 4.78 is 0. The SMILES string of the molecule is CCC(C)(CC)NC(=O)c1cc(/C=C/C(=O)O)ccc1C. The summed E-state index contributed by atoms with van der Waals surface area (Å²) in [6.07, 6.45) is 4.26. The number of benzene rings is 1. The summed E-state index contributed by atoms with van der Waals surface area (Å²) in [6, 6.07) is 5.34. The van der Waals surface area contributed by atoms with Gasteiger partial charge in [-0.05, 0) is 50.0 Å². The molecule has 0 aliphatic carbocycles. The van der Waals surface area contributed by atoms with Crippen molar-refractivity contribution in [2.45, 2.75) is 46.1 Å². The molecule has 0 fully saturated rings. The predicted octanol–water partition coefficient (Wildman–Crippen LogP) is 3.40. The number of carboxylic acid groups (broad SMARTS) is 1. The molecule has 0 aliphatic heterocycles. The van der Waals surface area contributed by atoms with Crippen LogP contribution in [-0.2, 0) is 4.79 Å².